The summed E-state index contributed by atoms with van der Waals surface area (Å²) in [6.45, 7) is 2.56. The van der Waals surface area contributed by atoms with Crippen molar-refractivity contribution in [3.05, 3.63) is 65.2 Å². The Labute approximate surface area is 134 Å². The first-order valence-corrected chi connectivity index (χ1v) is 7.41. The first kappa shape index (κ1) is 17.3. The first-order valence-electron chi connectivity index (χ1n) is 7.41. The van der Waals surface area contributed by atoms with Gasteiger partial charge in [0.15, 0.2) is 0 Å². The Kier molecular flexibility index (Phi) is 5.66. The molecule has 0 unspecified atom stereocenters. The molecule has 0 aliphatic heterocycles. The minimum atomic E-state index is -4.29. The zero-order valence-corrected chi connectivity index (χ0v) is 13.2. The predicted molar refractivity (Wildman–Crippen MR) is 84.4 cm³/mol. The SMILES string of the molecule is COc1ccccc1C[C@@H](C)NCc1ccc(C(F)(F)F)cc1. The molecule has 0 aromatic heterocycles. The van der Waals surface area contributed by atoms with Gasteiger partial charge in [0.2, 0.25) is 0 Å². The van der Waals surface area contributed by atoms with Gasteiger partial charge in [-0.1, -0.05) is 30.3 Å². The maximum Gasteiger partial charge on any atom is 0.416 e. The van der Waals surface area contributed by atoms with Crippen molar-refractivity contribution in [2.45, 2.75) is 32.1 Å². The zero-order valence-electron chi connectivity index (χ0n) is 13.2. The lowest BCUT2D eigenvalue weighted by atomic mass is 10.1. The number of benzene rings is 2. The minimum absolute atomic E-state index is 0.175. The number of halogens is 3. The molecular formula is C18H20F3NO. The fourth-order valence-electron chi connectivity index (χ4n) is 2.38. The summed E-state index contributed by atoms with van der Waals surface area (Å²) in [6.07, 6.45) is -3.51. The van der Waals surface area contributed by atoms with Crippen molar-refractivity contribution in [2.24, 2.45) is 0 Å². The monoisotopic (exact) mass is 323 g/mol. The molecule has 0 aliphatic carbocycles. The van der Waals surface area contributed by atoms with E-state index in [1.54, 1.807) is 7.11 Å². The molecule has 124 valence electrons. The fraction of sp³-hybridized carbons (Fsp3) is 0.333. The van der Waals surface area contributed by atoms with Crippen molar-refractivity contribution >= 4 is 0 Å². The van der Waals surface area contributed by atoms with E-state index in [4.69, 9.17) is 4.74 Å². The molecule has 0 bridgehead atoms. The van der Waals surface area contributed by atoms with Gasteiger partial charge < -0.3 is 10.1 Å². The molecule has 0 spiro atoms. The molecule has 2 aromatic rings. The highest BCUT2D eigenvalue weighted by atomic mass is 19.4. The molecule has 1 N–H and O–H groups in total. The Bertz CT molecular complexity index is 623. The van der Waals surface area contributed by atoms with Crippen LogP contribution >= 0.6 is 0 Å². The highest BCUT2D eigenvalue weighted by Crippen LogP contribution is 2.29. The quantitative estimate of drug-likeness (QED) is 0.849. The molecule has 0 heterocycles. The molecule has 2 rings (SSSR count). The Morgan fingerprint density at radius 3 is 2.30 bits per heavy atom. The second-order valence-electron chi connectivity index (χ2n) is 5.49. The third kappa shape index (κ3) is 4.99. The van der Waals surface area contributed by atoms with Crippen LogP contribution in [-0.2, 0) is 19.1 Å². The number of ether oxygens (including phenoxy) is 1. The van der Waals surface area contributed by atoms with Gasteiger partial charge in [-0.25, -0.2) is 0 Å². The highest BCUT2D eigenvalue weighted by Gasteiger charge is 2.29. The van der Waals surface area contributed by atoms with Crippen LogP contribution in [0.4, 0.5) is 13.2 Å². The van der Waals surface area contributed by atoms with Crippen LogP contribution in [0.3, 0.4) is 0 Å². The van der Waals surface area contributed by atoms with E-state index in [0.717, 1.165) is 35.4 Å². The molecule has 2 aromatic carbocycles. The van der Waals surface area contributed by atoms with Crippen LogP contribution in [0.1, 0.15) is 23.6 Å². The molecule has 0 saturated heterocycles. The topological polar surface area (TPSA) is 21.3 Å². The fourth-order valence-corrected chi connectivity index (χ4v) is 2.38. The Hall–Kier alpha value is -2.01. The summed E-state index contributed by atoms with van der Waals surface area (Å²) < 4.78 is 42.9. The molecular weight excluding hydrogens is 303 g/mol. The maximum atomic E-state index is 12.5. The molecule has 0 aliphatic rings. The van der Waals surface area contributed by atoms with Crippen molar-refractivity contribution < 1.29 is 17.9 Å². The molecule has 0 fully saturated rings. The number of para-hydroxylation sites is 1. The van der Waals surface area contributed by atoms with Crippen molar-refractivity contribution in [1.29, 1.82) is 0 Å². The van der Waals surface area contributed by atoms with Crippen LogP contribution in [-0.4, -0.2) is 13.2 Å². The number of nitrogens with one attached hydrogen (secondary N) is 1. The maximum absolute atomic E-state index is 12.5. The zero-order chi connectivity index (χ0) is 16.9. The summed E-state index contributed by atoms with van der Waals surface area (Å²) in [5, 5.41) is 3.32. The van der Waals surface area contributed by atoms with Crippen LogP contribution < -0.4 is 10.1 Å². The first-order chi connectivity index (χ1) is 10.9. The third-order valence-electron chi connectivity index (χ3n) is 3.65. The normalized spacial score (nSPS) is 12.9. The van der Waals surface area contributed by atoms with Gasteiger partial charge in [-0.2, -0.15) is 13.2 Å². The Balaban J connectivity index is 1.90. The van der Waals surface area contributed by atoms with Crippen LogP contribution in [0.2, 0.25) is 0 Å². The standard InChI is InChI=1S/C18H20F3NO/c1-13(11-15-5-3-4-6-17(15)23-2)22-12-14-7-9-16(10-8-14)18(19,20)21/h3-10,13,22H,11-12H2,1-2H3/t13-/m1/s1. The number of rotatable bonds is 6. The van der Waals surface area contributed by atoms with Gasteiger partial charge in [0.25, 0.3) is 0 Å². The lowest BCUT2D eigenvalue weighted by molar-refractivity contribution is -0.137. The van der Waals surface area contributed by atoms with E-state index in [1.807, 2.05) is 31.2 Å². The van der Waals surface area contributed by atoms with Crippen LogP contribution in [0.25, 0.3) is 0 Å². The summed E-state index contributed by atoms with van der Waals surface area (Å²) in [4.78, 5) is 0. The molecule has 2 nitrogen and oxygen atoms in total. The number of hydrogen-bond acceptors (Lipinski definition) is 2. The van der Waals surface area contributed by atoms with E-state index < -0.39 is 11.7 Å². The summed E-state index contributed by atoms with van der Waals surface area (Å²) >= 11 is 0. The minimum Gasteiger partial charge on any atom is -0.496 e. The summed E-state index contributed by atoms with van der Waals surface area (Å²) in [6, 6.07) is 13.2. The van der Waals surface area contributed by atoms with Crippen LogP contribution in [0.5, 0.6) is 5.75 Å². The van der Waals surface area contributed by atoms with Gasteiger partial charge in [-0.15, -0.1) is 0 Å². The third-order valence-corrected chi connectivity index (χ3v) is 3.65. The van der Waals surface area contributed by atoms with Crippen molar-refractivity contribution in [2.75, 3.05) is 7.11 Å². The van der Waals surface area contributed by atoms with Gasteiger partial charge in [0.1, 0.15) is 5.75 Å². The van der Waals surface area contributed by atoms with E-state index >= 15 is 0 Å². The van der Waals surface area contributed by atoms with Gasteiger partial charge >= 0.3 is 6.18 Å². The largest absolute Gasteiger partial charge is 0.496 e. The average molecular weight is 323 g/mol. The summed E-state index contributed by atoms with van der Waals surface area (Å²) in [5.74, 6) is 0.843. The van der Waals surface area contributed by atoms with Crippen molar-refractivity contribution in [3.8, 4) is 5.75 Å². The smallest absolute Gasteiger partial charge is 0.416 e. The lowest BCUT2D eigenvalue weighted by Gasteiger charge is -2.16. The van der Waals surface area contributed by atoms with Crippen molar-refractivity contribution in [3.63, 3.8) is 0 Å². The molecule has 5 heteroatoms. The van der Waals surface area contributed by atoms with E-state index in [1.165, 1.54) is 12.1 Å². The van der Waals surface area contributed by atoms with Crippen LogP contribution in [0, 0.1) is 0 Å². The number of methoxy groups -OCH3 is 1. The lowest BCUT2D eigenvalue weighted by Crippen LogP contribution is -2.27. The van der Waals surface area contributed by atoms with E-state index in [0.29, 0.717) is 6.54 Å². The summed E-state index contributed by atoms with van der Waals surface area (Å²) in [7, 11) is 1.64. The van der Waals surface area contributed by atoms with Crippen LogP contribution in [0.15, 0.2) is 48.5 Å². The molecule has 0 radical (unpaired) electrons. The van der Waals surface area contributed by atoms with Gasteiger partial charge in [-0.3, -0.25) is 0 Å². The van der Waals surface area contributed by atoms with Crippen molar-refractivity contribution in [1.82, 2.24) is 5.32 Å². The summed E-state index contributed by atoms with van der Waals surface area (Å²) in [5.41, 5.74) is 1.30. The predicted octanol–water partition coefficient (Wildman–Crippen LogP) is 4.43. The van der Waals surface area contributed by atoms with E-state index in [9.17, 15) is 13.2 Å². The Morgan fingerprint density at radius 2 is 1.70 bits per heavy atom. The molecule has 23 heavy (non-hydrogen) atoms. The Morgan fingerprint density at radius 1 is 1.04 bits per heavy atom. The average Bonchev–Trinajstić information content (AvgIpc) is 2.53. The van der Waals surface area contributed by atoms with E-state index in [2.05, 4.69) is 5.32 Å². The second-order valence-corrected chi connectivity index (χ2v) is 5.49. The van der Waals surface area contributed by atoms with E-state index in [-0.39, 0.29) is 6.04 Å². The second kappa shape index (κ2) is 7.51. The van der Waals surface area contributed by atoms with Gasteiger partial charge in [-0.05, 0) is 42.7 Å². The number of alkyl halides is 3. The molecule has 0 saturated carbocycles. The highest BCUT2D eigenvalue weighted by molar-refractivity contribution is 5.33. The molecule has 1 atom stereocenters. The number of hydrogen-bond donors (Lipinski definition) is 1. The van der Waals surface area contributed by atoms with Gasteiger partial charge in [0, 0.05) is 12.6 Å². The molecule has 0 amide bonds. The van der Waals surface area contributed by atoms with Gasteiger partial charge in [0.05, 0.1) is 12.7 Å².